The molecule has 0 spiro atoms. The quantitative estimate of drug-likeness (QED) is 0.609. The van der Waals surface area contributed by atoms with Gasteiger partial charge in [0.25, 0.3) is 0 Å². The number of hydrogen-bond donors (Lipinski definition) is 1. The second-order valence-corrected chi connectivity index (χ2v) is 4.61. The maximum atomic E-state index is 11.0. The molecule has 3 nitrogen and oxygen atoms in total. The number of aliphatic hydroxyl groups excluding tert-OH is 1. The van der Waals surface area contributed by atoms with Crippen LogP contribution in [0.3, 0.4) is 0 Å². The van der Waals surface area contributed by atoms with Gasteiger partial charge in [-0.15, -0.1) is 0 Å². The Bertz CT molecular complexity index is 103. The molecule has 56 valence electrons. The fourth-order valence-corrected chi connectivity index (χ4v) is 1.56. The summed E-state index contributed by atoms with van der Waals surface area (Å²) in [5, 5.41) is 8.38. The van der Waals surface area contributed by atoms with Crippen LogP contribution in [0.4, 0.5) is 0 Å². The first-order chi connectivity index (χ1) is 4.12. The molecule has 0 amide bonds. The van der Waals surface area contributed by atoms with Gasteiger partial charge >= 0.3 is 0 Å². The van der Waals surface area contributed by atoms with Gasteiger partial charge in [-0.3, -0.25) is 4.57 Å². The smallest absolute Gasteiger partial charge is 0.202 e. The molecule has 0 aliphatic heterocycles. The van der Waals surface area contributed by atoms with Gasteiger partial charge in [0, 0.05) is 12.8 Å². The number of rotatable bonds is 4. The molecule has 1 N–H and O–H groups in total. The predicted octanol–water partition coefficient (Wildman–Crippen LogP) is 0.923. The molecule has 0 bridgehead atoms. The molecule has 0 radical (unpaired) electrons. The maximum absolute atomic E-state index is 11.0. The Morgan fingerprint density at radius 3 is 2.56 bits per heavy atom. The van der Waals surface area contributed by atoms with Gasteiger partial charge in [-0.2, -0.15) is 0 Å². The van der Waals surface area contributed by atoms with Gasteiger partial charge < -0.3 is 9.63 Å². The summed E-state index contributed by atoms with van der Waals surface area (Å²) in [6.45, 7) is 3.71. The highest BCUT2D eigenvalue weighted by molar-refractivity contribution is 7.58. The van der Waals surface area contributed by atoms with E-state index in [-0.39, 0.29) is 12.8 Å². The van der Waals surface area contributed by atoms with Crippen molar-refractivity contribution in [3.05, 3.63) is 0 Å². The van der Waals surface area contributed by atoms with Crippen LogP contribution in [0.5, 0.6) is 0 Å². The summed E-state index contributed by atoms with van der Waals surface area (Å²) in [6.07, 6.45) is 0.265. The Morgan fingerprint density at radius 2 is 2.22 bits per heavy atom. The molecule has 0 saturated carbocycles. The summed E-state index contributed by atoms with van der Waals surface area (Å²) >= 11 is 0. The van der Waals surface area contributed by atoms with E-state index in [4.69, 9.17) is 9.63 Å². The summed E-state index contributed by atoms with van der Waals surface area (Å²) in [6, 6.07) is 0. The van der Waals surface area contributed by atoms with Gasteiger partial charge in [-0.25, -0.2) is 0 Å². The molecular formula is C5H13O3P. The van der Waals surface area contributed by atoms with Crippen molar-refractivity contribution >= 4 is 7.37 Å². The molecule has 0 heterocycles. The summed E-state index contributed by atoms with van der Waals surface area (Å²) in [5.74, 6) is 0. The standard InChI is InChI=1S/C5H13O3P/c1-3-8-9(2,7)5-4-6/h6H,3-5H2,1-2H3. The highest BCUT2D eigenvalue weighted by atomic mass is 31.2. The van der Waals surface area contributed by atoms with Crippen LogP contribution >= 0.6 is 7.37 Å². The fraction of sp³-hybridized carbons (Fsp3) is 1.00. The third-order valence-corrected chi connectivity index (χ3v) is 2.73. The van der Waals surface area contributed by atoms with Crippen LogP contribution in [0.1, 0.15) is 6.92 Å². The monoisotopic (exact) mass is 152 g/mol. The topological polar surface area (TPSA) is 46.5 Å². The van der Waals surface area contributed by atoms with E-state index in [1.165, 1.54) is 6.66 Å². The van der Waals surface area contributed by atoms with E-state index in [1.54, 1.807) is 6.92 Å². The second-order valence-electron chi connectivity index (χ2n) is 1.88. The lowest BCUT2D eigenvalue weighted by Crippen LogP contribution is -1.97. The minimum Gasteiger partial charge on any atom is -0.396 e. The van der Waals surface area contributed by atoms with E-state index in [0.29, 0.717) is 6.61 Å². The van der Waals surface area contributed by atoms with Gasteiger partial charge in [-0.1, -0.05) is 0 Å². The molecule has 0 aliphatic rings. The van der Waals surface area contributed by atoms with E-state index >= 15 is 0 Å². The van der Waals surface area contributed by atoms with Crippen LogP contribution in [0, 0.1) is 0 Å². The molecule has 0 aromatic heterocycles. The molecule has 0 aromatic rings. The number of aliphatic hydroxyl groups is 1. The molecule has 0 saturated heterocycles. The van der Waals surface area contributed by atoms with E-state index in [1.807, 2.05) is 0 Å². The van der Waals surface area contributed by atoms with Gasteiger partial charge in [0.05, 0.1) is 13.2 Å². The van der Waals surface area contributed by atoms with Crippen LogP contribution < -0.4 is 0 Å². The maximum Gasteiger partial charge on any atom is 0.202 e. The molecule has 0 fully saturated rings. The van der Waals surface area contributed by atoms with Crippen LogP contribution in [0.2, 0.25) is 0 Å². The Kier molecular flexibility index (Phi) is 4.11. The lowest BCUT2D eigenvalue weighted by molar-refractivity contribution is 0.297. The largest absolute Gasteiger partial charge is 0.396 e. The molecule has 4 heteroatoms. The molecule has 9 heavy (non-hydrogen) atoms. The zero-order valence-electron chi connectivity index (χ0n) is 5.83. The van der Waals surface area contributed by atoms with Gasteiger partial charge in [0.1, 0.15) is 0 Å². The SMILES string of the molecule is CCOP(C)(=O)CCO. The zero-order chi connectivity index (χ0) is 7.33. The average molecular weight is 152 g/mol. The van der Waals surface area contributed by atoms with Crippen molar-refractivity contribution in [2.45, 2.75) is 6.92 Å². The Balaban J connectivity index is 3.58. The van der Waals surface area contributed by atoms with Crippen LogP contribution in [0.15, 0.2) is 0 Å². The zero-order valence-corrected chi connectivity index (χ0v) is 6.73. The van der Waals surface area contributed by atoms with Crippen molar-refractivity contribution in [2.75, 3.05) is 26.0 Å². The van der Waals surface area contributed by atoms with Crippen molar-refractivity contribution in [2.24, 2.45) is 0 Å². The van der Waals surface area contributed by atoms with Gasteiger partial charge in [0.2, 0.25) is 7.37 Å². The summed E-state index contributed by atoms with van der Waals surface area (Å²) in [4.78, 5) is 0. The van der Waals surface area contributed by atoms with Crippen LogP contribution in [0.25, 0.3) is 0 Å². The van der Waals surface area contributed by atoms with Gasteiger partial charge in [0.15, 0.2) is 0 Å². The minimum absolute atomic E-state index is 0.0617. The Hall–Kier alpha value is 0.150. The lowest BCUT2D eigenvalue weighted by Gasteiger charge is -2.09. The molecule has 0 aliphatic carbocycles. The predicted molar refractivity (Wildman–Crippen MR) is 37.1 cm³/mol. The first-order valence-electron chi connectivity index (χ1n) is 2.94. The second kappa shape index (κ2) is 4.04. The number of hydrogen-bond acceptors (Lipinski definition) is 3. The molecule has 0 rings (SSSR count). The summed E-state index contributed by atoms with van der Waals surface area (Å²) in [7, 11) is -2.44. The minimum atomic E-state index is -2.44. The highest BCUT2D eigenvalue weighted by Gasteiger charge is 2.12. The van der Waals surface area contributed by atoms with Crippen molar-refractivity contribution < 1.29 is 14.2 Å². The normalized spacial score (nSPS) is 17.2. The molecule has 1 atom stereocenters. The Labute approximate surface area is 55.5 Å². The highest BCUT2D eigenvalue weighted by Crippen LogP contribution is 2.41. The van der Waals surface area contributed by atoms with E-state index in [9.17, 15) is 4.57 Å². The molecule has 0 aromatic carbocycles. The third-order valence-electron chi connectivity index (χ3n) is 0.908. The summed E-state index contributed by atoms with van der Waals surface area (Å²) in [5.41, 5.74) is 0. The fourth-order valence-electron chi connectivity index (χ4n) is 0.519. The Morgan fingerprint density at radius 1 is 1.67 bits per heavy atom. The van der Waals surface area contributed by atoms with E-state index in [0.717, 1.165) is 0 Å². The third kappa shape index (κ3) is 4.64. The van der Waals surface area contributed by atoms with Crippen LogP contribution in [-0.4, -0.2) is 31.1 Å². The first-order valence-corrected chi connectivity index (χ1v) is 5.20. The van der Waals surface area contributed by atoms with E-state index < -0.39 is 7.37 Å². The van der Waals surface area contributed by atoms with Crippen molar-refractivity contribution in [3.8, 4) is 0 Å². The average Bonchev–Trinajstić information content (AvgIpc) is 1.64. The summed E-state index contributed by atoms with van der Waals surface area (Å²) < 4.78 is 15.9. The lowest BCUT2D eigenvalue weighted by atomic mass is 10.9. The molecular weight excluding hydrogens is 139 g/mol. The first kappa shape index (κ1) is 9.15. The van der Waals surface area contributed by atoms with Crippen molar-refractivity contribution in [3.63, 3.8) is 0 Å². The van der Waals surface area contributed by atoms with Crippen molar-refractivity contribution in [1.29, 1.82) is 0 Å². The van der Waals surface area contributed by atoms with Crippen LogP contribution in [-0.2, 0) is 9.09 Å². The van der Waals surface area contributed by atoms with Gasteiger partial charge in [-0.05, 0) is 6.92 Å². The molecule has 1 unspecified atom stereocenters. The van der Waals surface area contributed by atoms with Crippen molar-refractivity contribution in [1.82, 2.24) is 0 Å². The van der Waals surface area contributed by atoms with E-state index in [2.05, 4.69) is 0 Å².